The fraction of sp³-hybridized carbons (Fsp3) is 0.355. The number of allylic oxidation sites excluding steroid dienone is 2. The van der Waals surface area contributed by atoms with Crippen molar-refractivity contribution in [1.82, 2.24) is 0 Å². The van der Waals surface area contributed by atoms with Gasteiger partial charge in [-0.25, -0.2) is 13.2 Å². The normalized spacial score (nSPS) is 18.1. The highest BCUT2D eigenvalue weighted by atomic mass is 19.2. The second-order valence-corrected chi connectivity index (χ2v) is 9.33. The zero-order valence-corrected chi connectivity index (χ0v) is 20.9. The lowest BCUT2D eigenvalue weighted by Crippen LogP contribution is -2.27. The molecule has 0 aromatic heterocycles. The average molecular weight is 495 g/mol. The lowest BCUT2D eigenvalue weighted by atomic mass is 9.97. The minimum absolute atomic E-state index is 0.200. The summed E-state index contributed by atoms with van der Waals surface area (Å²) >= 11 is 0. The van der Waals surface area contributed by atoms with Crippen molar-refractivity contribution in [3.8, 4) is 22.3 Å². The number of hydrogen-bond acceptors (Lipinski definition) is 2. The maximum absolute atomic E-state index is 15.0. The van der Waals surface area contributed by atoms with Crippen molar-refractivity contribution in [2.45, 2.75) is 52.2 Å². The molecule has 1 aliphatic rings. The molecule has 0 saturated carbocycles. The summed E-state index contributed by atoms with van der Waals surface area (Å²) in [6.07, 6.45) is 7.83. The van der Waals surface area contributed by atoms with Gasteiger partial charge < -0.3 is 9.47 Å². The first-order valence-corrected chi connectivity index (χ1v) is 12.7. The second-order valence-electron chi connectivity index (χ2n) is 9.33. The minimum Gasteiger partial charge on any atom is -0.348 e. The van der Waals surface area contributed by atoms with E-state index in [0.717, 1.165) is 25.7 Å². The first kappa shape index (κ1) is 26.2. The van der Waals surface area contributed by atoms with Crippen molar-refractivity contribution in [1.29, 1.82) is 0 Å². The van der Waals surface area contributed by atoms with Gasteiger partial charge in [0.1, 0.15) is 5.82 Å². The predicted molar refractivity (Wildman–Crippen MR) is 138 cm³/mol. The predicted octanol–water partition coefficient (Wildman–Crippen LogP) is 8.80. The molecule has 36 heavy (non-hydrogen) atoms. The molecule has 0 amide bonds. The van der Waals surface area contributed by atoms with Crippen LogP contribution in [0, 0.1) is 23.4 Å². The van der Waals surface area contributed by atoms with Crippen LogP contribution in [-0.2, 0) is 15.9 Å². The Balaban J connectivity index is 1.45. The molecule has 0 spiro atoms. The summed E-state index contributed by atoms with van der Waals surface area (Å²) in [6, 6.07) is 15.0. The fourth-order valence-electron chi connectivity index (χ4n) is 4.52. The van der Waals surface area contributed by atoms with Crippen LogP contribution in [0.2, 0.25) is 0 Å². The van der Waals surface area contributed by atoms with Crippen molar-refractivity contribution in [2.24, 2.45) is 5.92 Å². The first-order valence-electron chi connectivity index (χ1n) is 12.7. The highest BCUT2D eigenvalue weighted by Crippen LogP contribution is 2.33. The minimum atomic E-state index is -0.844. The third-order valence-electron chi connectivity index (χ3n) is 6.68. The van der Waals surface area contributed by atoms with E-state index in [2.05, 4.69) is 6.08 Å². The maximum atomic E-state index is 15.0. The Morgan fingerprint density at radius 1 is 0.861 bits per heavy atom. The summed E-state index contributed by atoms with van der Waals surface area (Å²) in [4.78, 5) is 0. The maximum Gasteiger partial charge on any atom is 0.183 e. The molecule has 5 heteroatoms. The van der Waals surface area contributed by atoms with Gasteiger partial charge in [0.05, 0.1) is 13.2 Å². The van der Waals surface area contributed by atoms with Gasteiger partial charge in [-0.1, -0.05) is 74.0 Å². The highest BCUT2D eigenvalue weighted by molar-refractivity contribution is 5.71. The quantitative estimate of drug-likeness (QED) is 0.277. The Morgan fingerprint density at radius 3 is 2.17 bits per heavy atom. The number of unbranched alkanes of at least 4 members (excludes halogenated alkanes) is 1. The summed E-state index contributed by atoms with van der Waals surface area (Å²) in [5.74, 6) is -1.68. The summed E-state index contributed by atoms with van der Waals surface area (Å²) in [7, 11) is 0. The van der Waals surface area contributed by atoms with E-state index in [1.807, 2.05) is 19.9 Å². The topological polar surface area (TPSA) is 18.5 Å². The van der Waals surface area contributed by atoms with Gasteiger partial charge in [0.2, 0.25) is 0 Å². The summed E-state index contributed by atoms with van der Waals surface area (Å²) in [5, 5.41) is 0. The zero-order chi connectivity index (χ0) is 25.5. The van der Waals surface area contributed by atoms with Crippen molar-refractivity contribution < 1.29 is 22.6 Å². The number of ether oxygens (including phenoxy) is 2. The van der Waals surface area contributed by atoms with E-state index >= 15 is 4.39 Å². The Kier molecular flexibility index (Phi) is 9.00. The number of benzene rings is 3. The van der Waals surface area contributed by atoms with Crippen molar-refractivity contribution in [3.05, 3.63) is 95.3 Å². The molecule has 1 aliphatic heterocycles. The molecule has 1 fully saturated rings. The Morgan fingerprint density at radius 2 is 1.53 bits per heavy atom. The van der Waals surface area contributed by atoms with E-state index in [9.17, 15) is 8.78 Å². The van der Waals surface area contributed by atoms with E-state index in [4.69, 9.17) is 9.47 Å². The molecule has 1 heterocycles. The van der Waals surface area contributed by atoms with Gasteiger partial charge in [-0.05, 0) is 55.4 Å². The molecular formula is C31H33F3O2. The van der Waals surface area contributed by atoms with Crippen LogP contribution < -0.4 is 0 Å². The van der Waals surface area contributed by atoms with Gasteiger partial charge in [-0.2, -0.15) is 0 Å². The first-order chi connectivity index (χ1) is 17.5. The molecule has 3 aromatic carbocycles. The molecular weight excluding hydrogens is 461 g/mol. The van der Waals surface area contributed by atoms with E-state index in [1.165, 1.54) is 6.07 Å². The number of hydrogen-bond donors (Lipinski definition) is 0. The Labute approximate surface area is 211 Å². The molecule has 0 radical (unpaired) electrons. The van der Waals surface area contributed by atoms with Crippen molar-refractivity contribution in [3.63, 3.8) is 0 Å². The van der Waals surface area contributed by atoms with Crippen LogP contribution in [0.15, 0.2) is 66.7 Å². The van der Waals surface area contributed by atoms with Crippen LogP contribution in [0.5, 0.6) is 0 Å². The van der Waals surface area contributed by atoms with Crippen LogP contribution >= 0.6 is 0 Å². The molecule has 2 nitrogen and oxygen atoms in total. The summed E-state index contributed by atoms with van der Waals surface area (Å²) in [5.41, 5.74) is 2.85. The monoisotopic (exact) mass is 494 g/mol. The molecule has 190 valence electrons. The SMILES string of the molecule is CC=CCCC1COC(c2ccc(-c3ccc(-c4ccc(CCCC)c(F)c4F)cc3)c(F)c2)OC1. The number of halogens is 3. The van der Waals surface area contributed by atoms with Crippen LogP contribution in [0.3, 0.4) is 0 Å². The smallest absolute Gasteiger partial charge is 0.183 e. The molecule has 0 atom stereocenters. The number of aryl methyl sites for hydroxylation is 1. The largest absolute Gasteiger partial charge is 0.348 e. The molecule has 1 saturated heterocycles. The van der Waals surface area contributed by atoms with Gasteiger partial charge in [0.25, 0.3) is 0 Å². The molecule has 0 bridgehead atoms. The summed E-state index contributed by atoms with van der Waals surface area (Å²) in [6.45, 7) is 5.19. The summed E-state index contributed by atoms with van der Waals surface area (Å²) < 4.78 is 55.9. The lowest BCUT2D eigenvalue weighted by Gasteiger charge is -2.29. The van der Waals surface area contributed by atoms with Crippen LogP contribution in [0.25, 0.3) is 22.3 Å². The zero-order valence-electron chi connectivity index (χ0n) is 20.9. The van der Waals surface area contributed by atoms with Crippen LogP contribution in [-0.4, -0.2) is 13.2 Å². The Hall–Kier alpha value is -2.89. The van der Waals surface area contributed by atoms with Crippen LogP contribution in [0.4, 0.5) is 13.2 Å². The molecule has 3 aromatic rings. The standard InChI is InChI=1S/C31H33F3O2/c1-3-5-7-8-21-19-35-31(36-20-21)25-15-16-26(28(32)18-25)22-10-12-23(13-11-22)27-17-14-24(9-6-4-2)29(33)30(27)34/h3,5,10-18,21,31H,4,6-9,19-20H2,1-2H3. The van der Waals surface area contributed by atoms with E-state index in [0.29, 0.717) is 53.4 Å². The molecule has 0 unspecified atom stereocenters. The third kappa shape index (κ3) is 6.08. The van der Waals surface area contributed by atoms with E-state index in [1.54, 1.807) is 48.5 Å². The van der Waals surface area contributed by atoms with Gasteiger partial charge in [-0.3, -0.25) is 0 Å². The van der Waals surface area contributed by atoms with Gasteiger partial charge in [0, 0.05) is 22.6 Å². The van der Waals surface area contributed by atoms with E-state index < -0.39 is 17.9 Å². The highest BCUT2D eigenvalue weighted by Gasteiger charge is 2.24. The molecule has 0 aliphatic carbocycles. The molecule has 4 rings (SSSR count). The van der Waals surface area contributed by atoms with Crippen molar-refractivity contribution in [2.75, 3.05) is 13.2 Å². The average Bonchev–Trinajstić information content (AvgIpc) is 2.90. The van der Waals surface area contributed by atoms with Gasteiger partial charge in [0.15, 0.2) is 17.9 Å². The van der Waals surface area contributed by atoms with Crippen LogP contribution in [0.1, 0.15) is 56.9 Å². The van der Waals surface area contributed by atoms with Crippen molar-refractivity contribution >= 4 is 0 Å². The third-order valence-corrected chi connectivity index (χ3v) is 6.68. The van der Waals surface area contributed by atoms with Gasteiger partial charge >= 0.3 is 0 Å². The number of rotatable bonds is 9. The Bertz CT molecular complexity index is 1180. The van der Waals surface area contributed by atoms with Gasteiger partial charge in [-0.15, -0.1) is 0 Å². The molecule has 0 N–H and O–H groups in total. The lowest BCUT2D eigenvalue weighted by molar-refractivity contribution is -0.205. The van der Waals surface area contributed by atoms with E-state index in [-0.39, 0.29) is 11.4 Å². The fourth-order valence-corrected chi connectivity index (χ4v) is 4.52. The second kappa shape index (κ2) is 12.4.